The van der Waals surface area contributed by atoms with Crippen molar-refractivity contribution >= 4 is 11.6 Å². The molecule has 0 N–H and O–H groups in total. The van der Waals surface area contributed by atoms with Gasteiger partial charge in [0.1, 0.15) is 5.15 Å². The van der Waals surface area contributed by atoms with Gasteiger partial charge in [-0.3, -0.25) is 4.90 Å². The summed E-state index contributed by atoms with van der Waals surface area (Å²) in [6, 6.07) is 2.75. The van der Waals surface area contributed by atoms with Crippen LogP contribution in [-0.4, -0.2) is 23.0 Å². The minimum atomic E-state index is 0.559. The summed E-state index contributed by atoms with van der Waals surface area (Å²) in [5.41, 5.74) is 2.41. The average molecular weight is 239 g/mol. The van der Waals surface area contributed by atoms with Crippen LogP contribution in [0.25, 0.3) is 0 Å². The molecule has 2 rings (SSSR count). The zero-order valence-corrected chi connectivity index (χ0v) is 10.8. The molecule has 0 saturated carbocycles. The van der Waals surface area contributed by atoms with Gasteiger partial charge in [-0.25, -0.2) is 4.98 Å². The van der Waals surface area contributed by atoms with Gasteiger partial charge in [0.05, 0.1) is 0 Å². The second kappa shape index (κ2) is 5.15. The van der Waals surface area contributed by atoms with E-state index in [2.05, 4.69) is 22.9 Å². The van der Waals surface area contributed by atoms with Crippen LogP contribution in [-0.2, 0) is 0 Å². The van der Waals surface area contributed by atoms with Gasteiger partial charge in [0.2, 0.25) is 0 Å². The number of pyridine rings is 1. The largest absolute Gasteiger partial charge is 0.296 e. The van der Waals surface area contributed by atoms with E-state index in [1.165, 1.54) is 37.9 Å². The van der Waals surface area contributed by atoms with Gasteiger partial charge in [-0.2, -0.15) is 0 Å². The summed E-state index contributed by atoms with van der Waals surface area (Å²) in [7, 11) is 0. The minimum Gasteiger partial charge on any atom is -0.296 e. The molecule has 16 heavy (non-hydrogen) atoms. The lowest BCUT2D eigenvalue weighted by molar-refractivity contribution is 0.257. The topological polar surface area (TPSA) is 16.1 Å². The van der Waals surface area contributed by atoms with Gasteiger partial charge in [0.25, 0.3) is 0 Å². The molecule has 0 bridgehead atoms. The fourth-order valence-electron chi connectivity index (χ4n) is 2.52. The predicted octanol–water partition coefficient (Wildman–Crippen LogP) is 3.59. The predicted molar refractivity (Wildman–Crippen MR) is 67.8 cm³/mol. The number of aromatic nitrogens is 1. The minimum absolute atomic E-state index is 0.559. The van der Waals surface area contributed by atoms with Crippen molar-refractivity contribution in [2.45, 2.75) is 39.2 Å². The average Bonchev–Trinajstić information content (AvgIpc) is 2.71. The molecular formula is C13H19ClN2. The van der Waals surface area contributed by atoms with E-state index in [-0.39, 0.29) is 0 Å². The van der Waals surface area contributed by atoms with Crippen LogP contribution in [0.2, 0.25) is 5.15 Å². The molecule has 1 aromatic heterocycles. The van der Waals surface area contributed by atoms with Gasteiger partial charge in [-0.1, -0.05) is 18.5 Å². The molecule has 2 nitrogen and oxygen atoms in total. The Morgan fingerprint density at radius 1 is 1.56 bits per heavy atom. The van der Waals surface area contributed by atoms with Crippen molar-refractivity contribution in [3.05, 3.63) is 28.5 Å². The molecule has 0 radical (unpaired) electrons. The molecular weight excluding hydrogens is 220 g/mol. The number of hydrogen-bond acceptors (Lipinski definition) is 2. The van der Waals surface area contributed by atoms with Crippen LogP contribution < -0.4 is 0 Å². The first-order valence-electron chi connectivity index (χ1n) is 6.08. The number of likely N-dealkylation sites (tertiary alicyclic amines) is 1. The first-order valence-corrected chi connectivity index (χ1v) is 6.46. The summed E-state index contributed by atoms with van der Waals surface area (Å²) in [6.07, 6.45) is 5.71. The third-order valence-corrected chi connectivity index (χ3v) is 3.69. The van der Waals surface area contributed by atoms with Crippen molar-refractivity contribution in [1.82, 2.24) is 9.88 Å². The summed E-state index contributed by atoms with van der Waals surface area (Å²) in [5.74, 6) is 0. The Bertz CT molecular complexity index is 365. The van der Waals surface area contributed by atoms with Crippen LogP contribution in [0.15, 0.2) is 12.3 Å². The van der Waals surface area contributed by atoms with Crippen LogP contribution in [0, 0.1) is 6.92 Å². The van der Waals surface area contributed by atoms with Crippen LogP contribution in [0.4, 0.5) is 0 Å². The van der Waals surface area contributed by atoms with E-state index < -0.39 is 0 Å². The SMILES string of the molecule is CCCN1CCC[C@@H]1c1cnc(Cl)c(C)c1. The Balaban J connectivity index is 2.19. The summed E-state index contributed by atoms with van der Waals surface area (Å²) in [6.45, 7) is 6.67. The molecule has 0 unspecified atom stereocenters. The molecule has 1 saturated heterocycles. The first-order chi connectivity index (χ1) is 7.72. The molecule has 2 heterocycles. The highest BCUT2D eigenvalue weighted by molar-refractivity contribution is 6.30. The van der Waals surface area contributed by atoms with E-state index in [4.69, 9.17) is 11.6 Å². The van der Waals surface area contributed by atoms with Crippen LogP contribution >= 0.6 is 11.6 Å². The summed E-state index contributed by atoms with van der Waals surface area (Å²) >= 11 is 5.96. The molecule has 0 spiro atoms. The molecule has 0 amide bonds. The maximum atomic E-state index is 5.96. The highest BCUT2D eigenvalue weighted by atomic mass is 35.5. The number of aryl methyl sites for hydroxylation is 1. The Labute approximate surface area is 103 Å². The quantitative estimate of drug-likeness (QED) is 0.749. The molecule has 0 aromatic carbocycles. The van der Waals surface area contributed by atoms with E-state index in [1.54, 1.807) is 0 Å². The van der Waals surface area contributed by atoms with E-state index in [1.807, 2.05) is 13.1 Å². The van der Waals surface area contributed by atoms with E-state index in [9.17, 15) is 0 Å². The molecule has 1 aliphatic heterocycles. The summed E-state index contributed by atoms with van der Waals surface area (Å²) < 4.78 is 0. The Morgan fingerprint density at radius 3 is 3.06 bits per heavy atom. The Kier molecular flexibility index (Phi) is 3.82. The molecule has 1 aliphatic rings. The fourth-order valence-corrected chi connectivity index (χ4v) is 2.62. The second-order valence-corrected chi connectivity index (χ2v) is 4.93. The lowest BCUT2D eigenvalue weighted by Gasteiger charge is -2.24. The molecule has 1 aromatic rings. The monoisotopic (exact) mass is 238 g/mol. The van der Waals surface area contributed by atoms with Crippen molar-refractivity contribution < 1.29 is 0 Å². The third kappa shape index (κ3) is 2.38. The van der Waals surface area contributed by atoms with Crippen LogP contribution in [0.5, 0.6) is 0 Å². The normalized spacial score (nSPS) is 21.6. The number of hydrogen-bond donors (Lipinski definition) is 0. The van der Waals surface area contributed by atoms with Gasteiger partial charge in [0, 0.05) is 12.2 Å². The zero-order chi connectivity index (χ0) is 11.5. The maximum Gasteiger partial charge on any atom is 0.131 e. The standard InChI is InChI=1S/C13H19ClN2/c1-3-6-16-7-4-5-12(16)11-8-10(2)13(14)15-9-11/h8-9,12H,3-7H2,1-2H3/t12-/m1/s1. The molecule has 3 heteroatoms. The molecule has 88 valence electrons. The smallest absolute Gasteiger partial charge is 0.131 e. The van der Waals surface area contributed by atoms with Gasteiger partial charge in [-0.05, 0) is 56.5 Å². The van der Waals surface area contributed by atoms with Crippen LogP contribution in [0.3, 0.4) is 0 Å². The fraction of sp³-hybridized carbons (Fsp3) is 0.615. The maximum absolute atomic E-state index is 5.96. The Morgan fingerprint density at radius 2 is 2.38 bits per heavy atom. The summed E-state index contributed by atoms with van der Waals surface area (Å²) in [4.78, 5) is 6.82. The highest BCUT2D eigenvalue weighted by Gasteiger charge is 2.25. The molecule has 0 aliphatic carbocycles. The first kappa shape index (κ1) is 11.9. The zero-order valence-electron chi connectivity index (χ0n) is 10.0. The van der Waals surface area contributed by atoms with Crippen molar-refractivity contribution in [1.29, 1.82) is 0 Å². The highest BCUT2D eigenvalue weighted by Crippen LogP contribution is 2.32. The Hall–Kier alpha value is -0.600. The van der Waals surface area contributed by atoms with Crippen molar-refractivity contribution in [3.63, 3.8) is 0 Å². The van der Waals surface area contributed by atoms with E-state index in [0.717, 1.165) is 5.56 Å². The number of halogens is 1. The van der Waals surface area contributed by atoms with Crippen molar-refractivity contribution in [3.8, 4) is 0 Å². The van der Waals surface area contributed by atoms with E-state index >= 15 is 0 Å². The number of rotatable bonds is 3. The van der Waals surface area contributed by atoms with E-state index in [0.29, 0.717) is 11.2 Å². The second-order valence-electron chi connectivity index (χ2n) is 4.57. The van der Waals surface area contributed by atoms with Gasteiger partial charge >= 0.3 is 0 Å². The van der Waals surface area contributed by atoms with Crippen molar-refractivity contribution in [2.24, 2.45) is 0 Å². The third-order valence-electron chi connectivity index (χ3n) is 3.29. The van der Waals surface area contributed by atoms with Gasteiger partial charge < -0.3 is 0 Å². The van der Waals surface area contributed by atoms with Gasteiger partial charge in [-0.15, -0.1) is 0 Å². The molecule has 1 fully saturated rings. The van der Waals surface area contributed by atoms with Crippen LogP contribution in [0.1, 0.15) is 43.4 Å². The lowest BCUT2D eigenvalue weighted by Crippen LogP contribution is -2.24. The number of nitrogens with zero attached hydrogens (tertiary/aromatic N) is 2. The van der Waals surface area contributed by atoms with Crippen molar-refractivity contribution in [2.75, 3.05) is 13.1 Å². The lowest BCUT2D eigenvalue weighted by atomic mass is 10.1. The van der Waals surface area contributed by atoms with Gasteiger partial charge in [0.15, 0.2) is 0 Å². The molecule has 1 atom stereocenters. The summed E-state index contributed by atoms with van der Waals surface area (Å²) in [5, 5.41) is 0.629.